The van der Waals surface area contributed by atoms with Crippen LogP contribution < -0.4 is 5.32 Å². The Labute approximate surface area is 141 Å². The number of carbonyl (C=O) groups is 1. The summed E-state index contributed by atoms with van der Waals surface area (Å²) in [6, 6.07) is 8.89. The molecule has 23 heavy (non-hydrogen) atoms. The molecule has 0 aliphatic rings. The maximum Gasteiger partial charge on any atom is 0.245 e. The van der Waals surface area contributed by atoms with Gasteiger partial charge in [0.2, 0.25) is 5.91 Å². The zero-order valence-corrected chi connectivity index (χ0v) is 13.7. The average molecular weight is 349 g/mol. The Morgan fingerprint density at radius 2 is 2.04 bits per heavy atom. The normalized spacial score (nSPS) is 10.7. The summed E-state index contributed by atoms with van der Waals surface area (Å²) >= 11 is 11.1. The van der Waals surface area contributed by atoms with Crippen molar-refractivity contribution in [3.05, 3.63) is 45.8 Å². The van der Waals surface area contributed by atoms with E-state index in [-0.39, 0.29) is 12.5 Å². The molecule has 2 heterocycles. The number of nitrogens with zero attached hydrogens (tertiary/aromatic N) is 3. The maximum absolute atomic E-state index is 12.2. The number of hydrogen-bond acceptors (Lipinski definition) is 4. The smallest absolute Gasteiger partial charge is 0.245 e. The third-order valence-electron chi connectivity index (χ3n) is 3.14. The first-order chi connectivity index (χ1) is 11.0. The molecule has 0 atom stereocenters. The topological polar surface area (TPSA) is 91.4 Å². The van der Waals surface area contributed by atoms with E-state index >= 15 is 0 Å². The summed E-state index contributed by atoms with van der Waals surface area (Å²) in [6.07, 6.45) is 0. The number of rotatable bonds is 4. The summed E-state index contributed by atoms with van der Waals surface area (Å²) < 4.78 is 1.98. The quantitative estimate of drug-likeness (QED) is 0.632. The first-order valence-electron chi connectivity index (χ1n) is 6.76. The van der Waals surface area contributed by atoms with Crippen LogP contribution in [0.15, 0.2) is 30.3 Å². The minimum absolute atomic E-state index is 0.0270. The van der Waals surface area contributed by atoms with Gasteiger partial charge < -0.3 is 5.32 Å². The number of aromatic amines is 2. The largest absolute Gasteiger partial charge is 0.308 e. The number of halogens is 1. The molecule has 3 aromatic rings. The van der Waals surface area contributed by atoms with E-state index in [0.29, 0.717) is 21.4 Å². The molecule has 0 unspecified atom stereocenters. The van der Waals surface area contributed by atoms with Crippen LogP contribution in [-0.4, -0.2) is 30.9 Å². The molecular weight excluding hydrogens is 336 g/mol. The van der Waals surface area contributed by atoms with Crippen molar-refractivity contribution in [3.63, 3.8) is 0 Å². The molecule has 3 N–H and O–H groups in total. The van der Waals surface area contributed by atoms with Crippen LogP contribution in [0.1, 0.15) is 5.69 Å². The summed E-state index contributed by atoms with van der Waals surface area (Å²) in [5.74, 6) is 0.791. The van der Waals surface area contributed by atoms with Crippen LogP contribution in [-0.2, 0) is 11.3 Å². The van der Waals surface area contributed by atoms with Gasteiger partial charge in [0, 0.05) is 22.3 Å². The highest BCUT2D eigenvalue weighted by molar-refractivity contribution is 7.71. The van der Waals surface area contributed by atoms with Gasteiger partial charge in [-0.05, 0) is 43.4 Å². The van der Waals surface area contributed by atoms with Gasteiger partial charge in [-0.1, -0.05) is 11.6 Å². The first kappa shape index (κ1) is 15.4. The van der Waals surface area contributed by atoms with Gasteiger partial charge in [-0.25, -0.2) is 0 Å². The molecule has 0 aliphatic heterocycles. The second-order valence-electron chi connectivity index (χ2n) is 4.93. The van der Waals surface area contributed by atoms with Crippen molar-refractivity contribution < 1.29 is 4.79 Å². The number of benzene rings is 1. The Bertz CT molecular complexity index is 895. The van der Waals surface area contributed by atoms with Crippen molar-refractivity contribution >= 4 is 35.5 Å². The monoisotopic (exact) mass is 348 g/mol. The Balaban J connectivity index is 1.82. The molecule has 0 saturated heterocycles. The lowest BCUT2D eigenvalue weighted by molar-refractivity contribution is -0.116. The number of hydrogen-bond donors (Lipinski definition) is 3. The highest BCUT2D eigenvalue weighted by Gasteiger charge is 2.13. The first-order valence-corrected chi connectivity index (χ1v) is 7.54. The molecule has 0 saturated carbocycles. The van der Waals surface area contributed by atoms with E-state index in [0.717, 1.165) is 11.3 Å². The molecule has 1 aromatic carbocycles. The molecule has 118 valence electrons. The lowest BCUT2D eigenvalue weighted by atomic mass is 10.2. The predicted octanol–water partition coefficient (Wildman–Crippen LogP) is 2.93. The number of carbonyl (C=O) groups excluding carboxylic acids is 1. The van der Waals surface area contributed by atoms with Crippen LogP contribution >= 0.6 is 23.8 Å². The van der Waals surface area contributed by atoms with Gasteiger partial charge in [0.15, 0.2) is 16.4 Å². The fraction of sp³-hybridized carbons (Fsp3) is 0.143. The van der Waals surface area contributed by atoms with Crippen molar-refractivity contribution in [2.24, 2.45) is 0 Å². The molecule has 2 aromatic heterocycles. The van der Waals surface area contributed by atoms with Crippen LogP contribution in [0, 0.1) is 11.7 Å². The van der Waals surface area contributed by atoms with Crippen molar-refractivity contribution in [1.29, 1.82) is 0 Å². The lowest BCUT2D eigenvalue weighted by Crippen LogP contribution is -2.19. The Morgan fingerprint density at radius 1 is 1.30 bits per heavy atom. The van der Waals surface area contributed by atoms with Gasteiger partial charge in [0.05, 0.1) is 0 Å². The minimum Gasteiger partial charge on any atom is -0.308 e. The SMILES string of the molecule is Cc1cc(NC(=O)Cn2c(-c3ccc(Cl)cc3)n[nH]c2=S)n[nH]1. The fourth-order valence-electron chi connectivity index (χ4n) is 2.09. The van der Waals surface area contributed by atoms with Gasteiger partial charge in [0.1, 0.15) is 6.54 Å². The van der Waals surface area contributed by atoms with Crippen molar-refractivity contribution in [3.8, 4) is 11.4 Å². The highest BCUT2D eigenvalue weighted by atomic mass is 35.5. The molecule has 0 bridgehead atoms. The van der Waals surface area contributed by atoms with E-state index in [1.165, 1.54) is 0 Å². The highest BCUT2D eigenvalue weighted by Crippen LogP contribution is 2.20. The van der Waals surface area contributed by atoms with E-state index in [2.05, 4.69) is 25.7 Å². The lowest BCUT2D eigenvalue weighted by Gasteiger charge is -2.07. The van der Waals surface area contributed by atoms with E-state index in [1.54, 1.807) is 22.8 Å². The van der Waals surface area contributed by atoms with Gasteiger partial charge in [-0.15, -0.1) is 0 Å². The molecule has 0 aliphatic carbocycles. The maximum atomic E-state index is 12.2. The number of amides is 1. The number of anilines is 1. The number of aromatic nitrogens is 5. The molecule has 0 spiro atoms. The van der Waals surface area contributed by atoms with Crippen LogP contribution in [0.2, 0.25) is 5.02 Å². The number of H-pyrrole nitrogens is 2. The van der Waals surface area contributed by atoms with Gasteiger partial charge in [-0.3, -0.25) is 19.6 Å². The van der Waals surface area contributed by atoms with Crippen LogP contribution in [0.25, 0.3) is 11.4 Å². The molecule has 9 heteroatoms. The van der Waals surface area contributed by atoms with Crippen molar-refractivity contribution in [2.45, 2.75) is 13.5 Å². The van der Waals surface area contributed by atoms with E-state index in [4.69, 9.17) is 23.8 Å². The van der Waals surface area contributed by atoms with Gasteiger partial charge in [0.25, 0.3) is 0 Å². The Hall–Kier alpha value is -2.45. The average Bonchev–Trinajstić information content (AvgIpc) is 3.07. The van der Waals surface area contributed by atoms with Crippen molar-refractivity contribution in [1.82, 2.24) is 25.0 Å². The molecule has 7 nitrogen and oxygen atoms in total. The second kappa shape index (κ2) is 6.35. The van der Waals surface area contributed by atoms with Crippen LogP contribution in [0.4, 0.5) is 5.82 Å². The van der Waals surface area contributed by atoms with E-state index in [1.807, 2.05) is 19.1 Å². The number of nitrogens with one attached hydrogen (secondary N) is 3. The van der Waals surface area contributed by atoms with E-state index < -0.39 is 0 Å². The van der Waals surface area contributed by atoms with Crippen LogP contribution in [0.3, 0.4) is 0 Å². The molecule has 0 radical (unpaired) electrons. The third-order valence-corrected chi connectivity index (χ3v) is 3.70. The van der Waals surface area contributed by atoms with Crippen LogP contribution in [0.5, 0.6) is 0 Å². The minimum atomic E-state index is -0.246. The Morgan fingerprint density at radius 3 is 2.70 bits per heavy atom. The Kier molecular flexibility index (Phi) is 4.26. The molecular formula is C14H13ClN6OS. The summed E-state index contributed by atoms with van der Waals surface area (Å²) in [5, 5.41) is 16.9. The zero-order valence-electron chi connectivity index (χ0n) is 12.1. The predicted molar refractivity (Wildman–Crippen MR) is 89.8 cm³/mol. The summed E-state index contributed by atoms with van der Waals surface area (Å²) in [4.78, 5) is 12.2. The van der Waals surface area contributed by atoms with Gasteiger partial charge >= 0.3 is 0 Å². The summed E-state index contributed by atoms with van der Waals surface area (Å²) in [7, 11) is 0. The molecule has 0 fully saturated rings. The van der Waals surface area contributed by atoms with Gasteiger partial charge in [-0.2, -0.15) is 10.2 Å². The third kappa shape index (κ3) is 3.49. The molecule has 3 rings (SSSR count). The zero-order chi connectivity index (χ0) is 16.4. The molecule has 1 amide bonds. The summed E-state index contributed by atoms with van der Waals surface area (Å²) in [6.45, 7) is 1.88. The second-order valence-corrected chi connectivity index (χ2v) is 5.75. The van der Waals surface area contributed by atoms with E-state index in [9.17, 15) is 4.79 Å². The standard InChI is InChI=1S/C14H13ClN6OS/c1-8-6-11(18-17-8)16-12(22)7-21-13(19-20-14(21)23)9-2-4-10(15)5-3-9/h2-6H,7H2,1H3,(H,20,23)(H2,16,17,18,22). The summed E-state index contributed by atoms with van der Waals surface area (Å²) in [5.41, 5.74) is 1.67. The number of aryl methyl sites for hydroxylation is 1. The van der Waals surface area contributed by atoms with Crippen molar-refractivity contribution in [2.75, 3.05) is 5.32 Å². The fourth-order valence-corrected chi connectivity index (χ4v) is 2.41.